The van der Waals surface area contributed by atoms with Crippen LogP contribution < -0.4 is 10.6 Å². The zero-order valence-corrected chi connectivity index (χ0v) is 12.5. The van der Waals surface area contributed by atoms with E-state index in [1.165, 1.54) is 11.8 Å². The van der Waals surface area contributed by atoms with Crippen molar-refractivity contribution in [1.82, 2.24) is 24.3 Å². The molecule has 0 atom stereocenters. The highest BCUT2D eigenvalue weighted by Crippen LogP contribution is 2.15. The molecule has 20 heavy (non-hydrogen) atoms. The van der Waals surface area contributed by atoms with Gasteiger partial charge in [-0.15, -0.1) is 5.10 Å². The minimum atomic E-state index is -0.111. The van der Waals surface area contributed by atoms with Gasteiger partial charge in [0, 0.05) is 26.0 Å². The van der Waals surface area contributed by atoms with Crippen LogP contribution in [0.25, 0.3) is 16.7 Å². The standard InChI is InChI=1S/C12H14N6OS/c1-7-5-9-8(10(19)18(7)16(2)3)6-13-11-14-12(20-4)15-17(9)11/h5-6H,1-4H3. The molecule has 0 bridgehead atoms. The van der Waals surface area contributed by atoms with Crippen LogP contribution in [0.4, 0.5) is 0 Å². The lowest BCUT2D eigenvalue weighted by Gasteiger charge is -2.19. The molecule has 0 unspecified atom stereocenters. The monoisotopic (exact) mass is 290 g/mol. The van der Waals surface area contributed by atoms with Crippen molar-refractivity contribution < 1.29 is 0 Å². The quantitative estimate of drug-likeness (QED) is 0.646. The molecule has 7 nitrogen and oxygen atoms in total. The maximum atomic E-state index is 12.5. The highest BCUT2D eigenvalue weighted by atomic mass is 32.2. The van der Waals surface area contributed by atoms with Gasteiger partial charge in [-0.05, 0) is 19.2 Å². The number of hydrogen-bond acceptors (Lipinski definition) is 6. The fourth-order valence-electron chi connectivity index (χ4n) is 2.25. The Morgan fingerprint density at radius 2 is 2.10 bits per heavy atom. The number of thioether (sulfide) groups is 1. The molecule has 8 heteroatoms. The van der Waals surface area contributed by atoms with E-state index in [0.717, 1.165) is 11.2 Å². The number of aryl methyl sites for hydroxylation is 1. The number of aromatic nitrogens is 5. The van der Waals surface area contributed by atoms with Gasteiger partial charge in [0.15, 0.2) is 0 Å². The minimum Gasteiger partial charge on any atom is -0.316 e. The molecule has 3 heterocycles. The summed E-state index contributed by atoms with van der Waals surface area (Å²) in [6, 6.07) is 1.92. The molecule has 0 spiro atoms. The lowest BCUT2D eigenvalue weighted by Crippen LogP contribution is -2.37. The van der Waals surface area contributed by atoms with Crippen molar-refractivity contribution in [1.29, 1.82) is 0 Å². The molecule has 0 amide bonds. The lowest BCUT2D eigenvalue weighted by atomic mass is 10.2. The Hall–Kier alpha value is -2.09. The summed E-state index contributed by atoms with van der Waals surface area (Å²) in [5.41, 5.74) is 1.45. The summed E-state index contributed by atoms with van der Waals surface area (Å²) in [6.45, 7) is 1.89. The highest BCUT2D eigenvalue weighted by molar-refractivity contribution is 7.98. The largest absolute Gasteiger partial charge is 0.316 e. The fourth-order valence-corrected chi connectivity index (χ4v) is 2.59. The van der Waals surface area contributed by atoms with Crippen LogP contribution in [-0.2, 0) is 0 Å². The van der Waals surface area contributed by atoms with Crippen LogP contribution in [0.5, 0.6) is 0 Å². The Bertz CT molecular complexity index is 866. The van der Waals surface area contributed by atoms with Crippen LogP contribution >= 0.6 is 11.8 Å². The van der Waals surface area contributed by atoms with Crippen molar-refractivity contribution in [2.75, 3.05) is 25.4 Å². The van der Waals surface area contributed by atoms with E-state index in [9.17, 15) is 4.79 Å². The summed E-state index contributed by atoms with van der Waals surface area (Å²) in [6.07, 6.45) is 3.46. The Labute approximate surface area is 119 Å². The topological polar surface area (TPSA) is 68.3 Å². The molecular weight excluding hydrogens is 276 g/mol. The van der Waals surface area contributed by atoms with Gasteiger partial charge >= 0.3 is 0 Å². The first-order valence-electron chi connectivity index (χ1n) is 6.02. The van der Waals surface area contributed by atoms with Crippen LogP contribution in [0.1, 0.15) is 5.69 Å². The molecule has 3 aromatic heterocycles. The van der Waals surface area contributed by atoms with Crippen molar-refractivity contribution >= 4 is 28.4 Å². The zero-order valence-electron chi connectivity index (χ0n) is 11.7. The maximum absolute atomic E-state index is 12.5. The predicted octanol–water partition coefficient (Wildman–Crippen LogP) is 0.667. The predicted molar refractivity (Wildman–Crippen MR) is 79.1 cm³/mol. The summed E-state index contributed by atoms with van der Waals surface area (Å²) in [4.78, 5) is 21.0. The zero-order chi connectivity index (χ0) is 14.4. The molecule has 0 aliphatic carbocycles. The van der Waals surface area contributed by atoms with Gasteiger partial charge in [0.1, 0.15) is 0 Å². The number of nitrogens with zero attached hydrogens (tertiary/aromatic N) is 6. The van der Waals surface area contributed by atoms with Crippen LogP contribution in [-0.4, -0.2) is 44.6 Å². The van der Waals surface area contributed by atoms with Gasteiger partial charge in [-0.2, -0.15) is 9.50 Å². The van der Waals surface area contributed by atoms with Gasteiger partial charge in [0.05, 0.1) is 10.9 Å². The number of hydrogen-bond donors (Lipinski definition) is 0. The first kappa shape index (κ1) is 12.9. The van der Waals surface area contributed by atoms with Crippen molar-refractivity contribution in [3.63, 3.8) is 0 Å². The van der Waals surface area contributed by atoms with Crippen molar-refractivity contribution in [3.8, 4) is 0 Å². The third-order valence-electron chi connectivity index (χ3n) is 3.07. The molecule has 0 saturated heterocycles. The number of pyridine rings is 1. The van der Waals surface area contributed by atoms with E-state index in [4.69, 9.17) is 0 Å². The SMILES string of the molecule is CSc1nc2ncc3c(=O)n(N(C)C)c(C)cc3n2n1. The van der Waals surface area contributed by atoms with E-state index < -0.39 is 0 Å². The minimum absolute atomic E-state index is 0.111. The van der Waals surface area contributed by atoms with E-state index in [1.54, 1.807) is 20.4 Å². The van der Waals surface area contributed by atoms with Gasteiger partial charge < -0.3 is 5.01 Å². The van der Waals surface area contributed by atoms with Crippen LogP contribution in [0.2, 0.25) is 0 Å². The second-order valence-corrected chi connectivity index (χ2v) is 5.39. The molecule has 3 aromatic rings. The Morgan fingerprint density at radius 1 is 1.35 bits per heavy atom. The van der Waals surface area contributed by atoms with Crippen LogP contribution in [0, 0.1) is 6.92 Å². The molecule has 104 valence electrons. The summed E-state index contributed by atoms with van der Waals surface area (Å²) >= 11 is 1.44. The van der Waals surface area contributed by atoms with Gasteiger partial charge in [-0.1, -0.05) is 11.8 Å². The number of rotatable bonds is 2. The van der Waals surface area contributed by atoms with Gasteiger partial charge in [-0.3, -0.25) is 4.79 Å². The summed E-state index contributed by atoms with van der Waals surface area (Å²) in [5, 5.41) is 7.27. The van der Waals surface area contributed by atoms with E-state index >= 15 is 0 Å². The van der Waals surface area contributed by atoms with Crippen molar-refractivity contribution in [2.24, 2.45) is 0 Å². The molecule has 0 radical (unpaired) electrons. The van der Waals surface area contributed by atoms with Gasteiger partial charge in [0.2, 0.25) is 5.16 Å². The average molecular weight is 290 g/mol. The molecule has 0 saturated carbocycles. The molecule has 0 N–H and O–H groups in total. The first-order chi connectivity index (χ1) is 9.52. The third-order valence-corrected chi connectivity index (χ3v) is 3.61. The maximum Gasteiger partial charge on any atom is 0.280 e. The molecule has 3 rings (SSSR count). The summed E-state index contributed by atoms with van der Waals surface area (Å²) in [5.74, 6) is 0.503. The Balaban J connectivity index is 2.47. The van der Waals surface area contributed by atoms with Gasteiger partial charge in [-0.25, -0.2) is 9.66 Å². The highest BCUT2D eigenvalue weighted by Gasteiger charge is 2.13. The van der Waals surface area contributed by atoms with Gasteiger partial charge in [0.25, 0.3) is 11.3 Å². The second kappa shape index (κ2) is 4.48. The molecular formula is C12H14N6OS. The lowest BCUT2D eigenvalue weighted by molar-refractivity contribution is 0.681. The molecule has 0 aromatic carbocycles. The summed E-state index contributed by atoms with van der Waals surface area (Å²) < 4.78 is 3.22. The van der Waals surface area contributed by atoms with Crippen LogP contribution in [0.15, 0.2) is 22.2 Å². The first-order valence-corrected chi connectivity index (χ1v) is 7.25. The molecule has 0 fully saturated rings. The Morgan fingerprint density at radius 3 is 2.75 bits per heavy atom. The fraction of sp³-hybridized carbons (Fsp3) is 0.333. The van der Waals surface area contributed by atoms with E-state index in [-0.39, 0.29) is 5.56 Å². The number of fused-ring (bicyclic) bond motifs is 3. The summed E-state index contributed by atoms with van der Waals surface area (Å²) in [7, 11) is 3.65. The normalized spacial score (nSPS) is 11.4. The van der Waals surface area contributed by atoms with E-state index in [0.29, 0.717) is 16.3 Å². The third kappa shape index (κ3) is 1.75. The van der Waals surface area contributed by atoms with Crippen molar-refractivity contribution in [3.05, 3.63) is 28.3 Å². The molecule has 0 aliphatic heterocycles. The average Bonchev–Trinajstić information content (AvgIpc) is 2.81. The second-order valence-electron chi connectivity index (χ2n) is 4.62. The Kier molecular flexibility index (Phi) is 2.89. The van der Waals surface area contributed by atoms with E-state index in [2.05, 4.69) is 15.1 Å². The molecule has 0 aliphatic rings. The van der Waals surface area contributed by atoms with Crippen LogP contribution in [0.3, 0.4) is 0 Å². The smallest absolute Gasteiger partial charge is 0.280 e. The van der Waals surface area contributed by atoms with E-state index in [1.807, 2.05) is 33.3 Å². The van der Waals surface area contributed by atoms with Crippen molar-refractivity contribution in [2.45, 2.75) is 12.1 Å².